The Morgan fingerprint density at radius 2 is 1.84 bits per heavy atom. The number of nitrogens with zero attached hydrogens (tertiary/aromatic N) is 2. The fourth-order valence-corrected chi connectivity index (χ4v) is 4.81. The lowest BCUT2D eigenvalue weighted by molar-refractivity contribution is -0.149. The van der Waals surface area contributed by atoms with Crippen LogP contribution in [0.3, 0.4) is 0 Å². The summed E-state index contributed by atoms with van der Waals surface area (Å²) in [5.41, 5.74) is 0.385. The molecule has 132 valence electrons. The van der Waals surface area contributed by atoms with Crippen LogP contribution in [0.15, 0.2) is 24.3 Å². The third-order valence-corrected chi connectivity index (χ3v) is 6.10. The number of carboxylic acid groups (broad SMARTS) is 1. The molecule has 1 aliphatic carbocycles. The average molecular weight is 342 g/mol. The molecule has 6 nitrogen and oxygen atoms in total. The van der Waals surface area contributed by atoms with E-state index in [1.807, 2.05) is 0 Å². The van der Waals surface area contributed by atoms with Gasteiger partial charge in [0.25, 0.3) is 11.8 Å². The normalized spacial score (nSPS) is 28.5. The van der Waals surface area contributed by atoms with E-state index in [0.29, 0.717) is 30.6 Å². The van der Waals surface area contributed by atoms with Crippen molar-refractivity contribution in [2.45, 2.75) is 25.7 Å². The first kappa shape index (κ1) is 16.3. The molecule has 0 spiro atoms. The van der Waals surface area contributed by atoms with Crippen molar-refractivity contribution in [3.63, 3.8) is 0 Å². The van der Waals surface area contributed by atoms with Crippen molar-refractivity contribution in [1.82, 2.24) is 9.80 Å². The van der Waals surface area contributed by atoms with E-state index >= 15 is 0 Å². The van der Waals surface area contributed by atoms with Gasteiger partial charge in [0.15, 0.2) is 0 Å². The maximum Gasteiger partial charge on any atom is 0.311 e. The first-order valence-electron chi connectivity index (χ1n) is 8.94. The van der Waals surface area contributed by atoms with Crippen LogP contribution < -0.4 is 0 Å². The van der Waals surface area contributed by atoms with Gasteiger partial charge >= 0.3 is 5.97 Å². The lowest BCUT2D eigenvalue weighted by Crippen LogP contribution is -2.36. The van der Waals surface area contributed by atoms with E-state index in [-0.39, 0.29) is 17.7 Å². The van der Waals surface area contributed by atoms with Crippen molar-refractivity contribution in [3.8, 4) is 0 Å². The molecule has 0 bridgehead atoms. The summed E-state index contributed by atoms with van der Waals surface area (Å²) in [4.78, 5) is 39.9. The van der Waals surface area contributed by atoms with E-state index < -0.39 is 11.4 Å². The van der Waals surface area contributed by atoms with Crippen LogP contribution in [-0.4, -0.2) is 58.9 Å². The number of rotatable bonds is 5. The SMILES string of the molecule is O=C1c2ccccc2C(=O)N1CCCN1C[C@@H]2CCC[C@@]2(C(=O)O)C1. The highest BCUT2D eigenvalue weighted by Crippen LogP contribution is 2.48. The van der Waals surface area contributed by atoms with Crippen LogP contribution in [0, 0.1) is 11.3 Å². The highest BCUT2D eigenvalue weighted by atomic mass is 16.4. The molecule has 1 aromatic carbocycles. The van der Waals surface area contributed by atoms with Gasteiger partial charge in [0.2, 0.25) is 0 Å². The second kappa shape index (κ2) is 5.95. The second-order valence-corrected chi connectivity index (χ2v) is 7.45. The molecule has 0 unspecified atom stereocenters. The standard InChI is InChI=1S/C19H22N2O4/c22-16-14-6-1-2-7-15(14)17(23)21(16)10-4-9-20-11-13-5-3-8-19(13,12-20)18(24)25/h1-2,6-7,13H,3-5,8-12H2,(H,24,25)/t13-,19+/m0/s1. The molecule has 2 aliphatic heterocycles. The molecule has 25 heavy (non-hydrogen) atoms. The molecular weight excluding hydrogens is 320 g/mol. The minimum absolute atomic E-state index is 0.221. The zero-order valence-electron chi connectivity index (χ0n) is 14.1. The molecule has 1 aromatic rings. The summed E-state index contributed by atoms with van der Waals surface area (Å²) in [6.07, 6.45) is 3.43. The quantitative estimate of drug-likeness (QED) is 0.827. The van der Waals surface area contributed by atoms with Crippen LogP contribution in [0.4, 0.5) is 0 Å². The summed E-state index contributed by atoms with van der Waals surface area (Å²) in [7, 11) is 0. The Morgan fingerprint density at radius 1 is 1.16 bits per heavy atom. The Kier molecular flexibility index (Phi) is 3.87. The minimum atomic E-state index is -0.669. The number of amides is 2. The number of aliphatic carboxylic acids is 1. The smallest absolute Gasteiger partial charge is 0.311 e. The van der Waals surface area contributed by atoms with E-state index in [1.54, 1.807) is 24.3 Å². The van der Waals surface area contributed by atoms with E-state index in [0.717, 1.165) is 32.4 Å². The zero-order chi connectivity index (χ0) is 17.6. The number of benzene rings is 1. The Bertz CT molecular complexity index is 712. The Hall–Kier alpha value is -2.21. The molecule has 1 saturated heterocycles. The van der Waals surface area contributed by atoms with Gasteiger partial charge in [-0.2, -0.15) is 0 Å². The van der Waals surface area contributed by atoms with Crippen molar-refractivity contribution in [3.05, 3.63) is 35.4 Å². The van der Waals surface area contributed by atoms with Gasteiger partial charge in [0.05, 0.1) is 16.5 Å². The second-order valence-electron chi connectivity index (χ2n) is 7.45. The Morgan fingerprint density at radius 3 is 2.44 bits per heavy atom. The van der Waals surface area contributed by atoms with Crippen LogP contribution in [0.5, 0.6) is 0 Å². The molecule has 3 aliphatic rings. The molecule has 2 heterocycles. The van der Waals surface area contributed by atoms with Crippen LogP contribution in [-0.2, 0) is 4.79 Å². The Balaban J connectivity index is 1.35. The molecule has 2 atom stereocenters. The fraction of sp³-hybridized carbons (Fsp3) is 0.526. The summed E-state index contributed by atoms with van der Waals surface area (Å²) < 4.78 is 0. The monoisotopic (exact) mass is 342 g/mol. The van der Waals surface area contributed by atoms with Crippen molar-refractivity contribution in [2.24, 2.45) is 11.3 Å². The predicted octanol–water partition coefficient (Wildman–Crippen LogP) is 1.86. The van der Waals surface area contributed by atoms with Crippen molar-refractivity contribution < 1.29 is 19.5 Å². The number of fused-ring (bicyclic) bond motifs is 2. The predicted molar refractivity (Wildman–Crippen MR) is 90.3 cm³/mol. The number of carboxylic acids is 1. The molecule has 1 N–H and O–H groups in total. The maximum absolute atomic E-state index is 12.3. The lowest BCUT2D eigenvalue weighted by Gasteiger charge is -2.23. The van der Waals surface area contributed by atoms with E-state index in [4.69, 9.17) is 0 Å². The summed E-state index contributed by atoms with van der Waals surface area (Å²) in [5, 5.41) is 9.64. The topological polar surface area (TPSA) is 77.9 Å². The largest absolute Gasteiger partial charge is 0.481 e. The zero-order valence-corrected chi connectivity index (χ0v) is 14.1. The number of likely N-dealkylation sites (tertiary alicyclic amines) is 1. The molecule has 6 heteroatoms. The molecule has 2 amide bonds. The third-order valence-electron chi connectivity index (χ3n) is 6.10. The molecular formula is C19H22N2O4. The van der Waals surface area contributed by atoms with Gasteiger partial charge in [-0.3, -0.25) is 19.3 Å². The third kappa shape index (κ3) is 2.47. The molecule has 4 rings (SSSR count). The highest BCUT2D eigenvalue weighted by molar-refractivity contribution is 6.21. The number of hydrogen-bond donors (Lipinski definition) is 1. The minimum Gasteiger partial charge on any atom is -0.481 e. The lowest BCUT2D eigenvalue weighted by atomic mass is 9.81. The van der Waals surface area contributed by atoms with Crippen molar-refractivity contribution >= 4 is 17.8 Å². The number of imide groups is 1. The first-order valence-corrected chi connectivity index (χ1v) is 8.94. The summed E-state index contributed by atoms with van der Waals surface area (Å²) in [6, 6.07) is 6.91. The van der Waals surface area contributed by atoms with Crippen LogP contribution in [0.1, 0.15) is 46.4 Å². The maximum atomic E-state index is 12.3. The van der Waals surface area contributed by atoms with E-state index in [1.165, 1.54) is 4.90 Å². The Labute approximate surface area is 146 Å². The summed E-state index contributed by atoms with van der Waals surface area (Å²) in [5.74, 6) is -0.871. The van der Waals surface area contributed by atoms with Crippen LogP contribution in [0.25, 0.3) is 0 Å². The van der Waals surface area contributed by atoms with Crippen molar-refractivity contribution in [2.75, 3.05) is 26.2 Å². The van der Waals surface area contributed by atoms with Crippen molar-refractivity contribution in [1.29, 1.82) is 0 Å². The van der Waals surface area contributed by atoms with Crippen LogP contribution >= 0.6 is 0 Å². The number of carbonyl (C=O) groups is 3. The number of hydrogen-bond acceptors (Lipinski definition) is 4. The molecule has 1 saturated carbocycles. The van der Waals surface area contributed by atoms with Gasteiger partial charge in [0.1, 0.15) is 0 Å². The van der Waals surface area contributed by atoms with Gasteiger partial charge in [-0.1, -0.05) is 18.6 Å². The van der Waals surface area contributed by atoms with Gasteiger partial charge in [0, 0.05) is 19.6 Å². The molecule has 2 fully saturated rings. The average Bonchev–Trinajstić information content (AvgIpc) is 3.21. The highest BCUT2D eigenvalue weighted by Gasteiger charge is 2.54. The molecule has 0 radical (unpaired) electrons. The van der Waals surface area contributed by atoms with Gasteiger partial charge in [-0.05, 0) is 43.9 Å². The van der Waals surface area contributed by atoms with E-state index in [9.17, 15) is 19.5 Å². The summed E-state index contributed by atoms with van der Waals surface area (Å²) >= 11 is 0. The fourth-order valence-electron chi connectivity index (χ4n) is 4.81. The first-order chi connectivity index (χ1) is 12.0. The number of carbonyl (C=O) groups excluding carboxylic acids is 2. The van der Waals surface area contributed by atoms with Crippen LogP contribution in [0.2, 0.25) is 0 Å². The molecule has 0 aromatic heterocycles. The van der Waals surface area contributed by atoms with Gasteiger partial charge < -0.3 is 10.0 Å². The van der Waals surface area contributed by atoms with E-state index in [2.05, 4.69) is 4.90 Å². The van der Waals surface area contributed by atoms with Gasteiger partial charge in [-0.25, -0.2) is 0 Å². The van der Waals surface area contributed by atoms with Gasteiger partial charge in [-0.15, -0.1) is 0 Å². The summed E-state index contributed by atoms with van der Waals surface area (Å²) in [6.45, 7) is 2.51.